The van der Waals surface area contributed by atoms with Crippen LogP contribution in [0.5, 0.6) is 0 Å². The van der Waals surface area contributed by atoms with Crippen molar-refractivity contribution in [3.8, 4) is 44.5 Å². The van der Waals surface area contributed by atoms with E-state index in [-0.39, 0.29) is 0 Å². The van der Waals surface area contributed by atoms with E-state index in [0.29, 0.717) is 0 Å². The second-order valence-electron chi connectivity index (χ2n) is 16.4. The van der Waals surface area contributed by atoms with Crippen molar-refractivity contribution in [3.05, 3.63) is 249 Å². The van der Waals surface area contributed by atoms with Gasteiger partial charge in [0.1, 0.15) is 0 Å². The number of benzene rings is 12. The fourth-order valence-electron chi connectivity index (χ4n) is 9.81. The van der Waals surface area contributed by atoms with Crippen molar-refractivity contribution in [2.45, 2.75) is 0 Å². The number of fused-ring (bicyclic) bond motifs is 7. The van der Waals surface area contributed by atoms with E-state index in [9.17, 15) is 0 Å². The van der Waals surface area contributed by atoms with Gasteiger partial charge in [-0.2, -0.15) is 0 Å². The molecule has 0 unspecified atom stereocenters. The molecule has 63 heavy (non-hydrogen) atoms. The highest BCUT2D eigenvalue weighted by Crippen LogP contribution is 2.47. The molecular formula is C62H41N. The van der Waals surface area contributed by atoms with Gasteiger partial charge in [-0.3, -0.25) is 0 Å². The molecule has 0 aromatic heterocycles. The van der Waals surface area contributed by atoms with Crippen LogP contribution in [0.25, 0.3) is 98.4 Å². The highest BCUT2D eigenvalue weighted by Gasteiger charge is 2.20. The first kappa shape index (κ1) is 36.6. The highest BCUT2D eigenvalue weighted by atomic mass is 15.1. The average Bonchev–Trinajstić information content (AvgIpc) is 3.36. The summed E-state index contributed by atoms with van der Waals surface area (Å²) in [4.78, 5) is 2.44. The Balaban J connectivity index is 1.03. The van der Waals surface area contributed by atoms with Crippen LogP contribution in [0.1, 0.15) is 0 Å². The first-order valence-corrected chi connectivity index (χ1v) is 21.7. The quantitative estimate of drug-likeness (QED) is 0.145. The molecule has 0 N–H and O–H groups in total. The molecular weight excluding hydrogens is 759 g/mol. The van der Waals surface area contributed by atoms with Crippen LogP contribution in [-0.2, 0) is 0 Å². The molecule has 0 aliphatic rings. The van der Waals surface area contributed by atoms with Crippen LogP contribution in [0.3, 0.4) is 0 Å². The molecule has 0 aliphatic carbocycles. The molecule has 294 valence electrons. The van der Waals surface area contributed by atoms with Crippen LogP contribution < -0.4 is 4.90 Å². The van der Waals surface area contributed by atoms with E-state index in [4.69, 9.17) is 0 Å². The Morgan fingerprint density at radius 2 is 0.651 bits per heavy atom. The van der Waals surface area contributed by atoms with Gasteiger partial charge in [0.2, 0.25) is 0 Å². The summed E-state index contributed by atoms with van der Waals surface area (Å²) < 4.78 is 0. The van der Waals surface area contributed by atoms with Gasteiger partial charge in [0.25, 0.3) is 0 Å². The minimum atomic E-state index is 1.10. The smallest absolute Gasteiger partial charge is 0.0546 e. The number of hydrogen-bond donors (Lipinski definition) is 0. The Labute approximate surface area is 367 Å². The lowest BCUT2D eigenvalue weighted by Gasteiger charge is -2.28. The van der Waals surface area contributed by atoms with Crippen molar-refractivity contribution in [3.63, 3.8) is 0 Å². The SMILES string of the molecule is c1ccc(-c2ccc3cc(N(c4ccc(-c5ccc6c(c5)c(-c5ccccc5)c(-c5ccccc5)c5ccccc56)cc4)c4cc5ccccc5c5ccccc45)ccc3c2)cc1. The van der Waals surface area contributed by atoms with Gasteiger partial charge in [0.05, 0.1) is 5.69 Å². The molecule has 1 nitrogen and oxygen atoms in total. The Bertz CT molecular complexity index is 3650. The fourth-order valence-corrected chi connectivity index (χ4v) is 9.81. The first-order chi connectivity index (χ1) is 31.2. The van der Waals surface area contributed by atoms with Gasteiger partial charge in [-0.15, -0.1) is 0 Å². The van der Waals surface area contributed by atoms with E-state index in [1.54, 1.807) is 0 Å². The largest absolute Gasteiger partial charge is 0.310 e. The lowest BCUT2D eigenvalue weighted by Crippen LogP contribution is -2.10. The lowest BCUT2D eigenvalue weighted by atomic mass is 9.84. The minimum Gasteiger partial charge on any atom is -0.310 e. The molecule has 12 aromatic rings. The number of hydrogen-bond acceptors (Lipinski definition) is 1. The van der Waals surface area contributed by atoms with Gasteiger partial charge in [-0.25, -0.2) is 0 Å². The average molecular weight is 800 g/mol. The Morgan fingerprint density at radius 3 is 1.35 bits per heavy atom. The lowest BCUT2D eigenvalue weighted by molar-refractivity contribution is 1.31. The Morgan fingerprint density at radius 1 is 0.206 bits per heavy atom. The molecule has 0 fully saturated rings. The fraction of sp³-hybridized carbons (Fsp3) is 0. The summed E-state index contributed by atoms with van der Waals surface area (Å²) in [6.07, 6.45) is 0. The van der Waals surface area contributed by atoms with E-state index in [1.807, 2.05) is 0 Å². The topological polar surface area (TPSA) is 3.24 Å². The van der Waals surface area contributed by atoms with Crippen LogP contribution in [0, 0.1) is 0 Å². The van der Waals surface area contributed by atoms with Gasteiger partial charge in [-0.05, 0) is 135 Å². The second-order valence-corrected chi connectivity index (χ2v) is 16.4. The third-order valence-corrected chi connectivity index (χ3v) is 12.8. The van der Waals surface area contributed by atoms with Gasteiger partial charge in [-0.1, -0.05) is 206 Å². The molecule has 0 saturated heterocycles. The zero-order chi connectivity index (χ0) is 41.7. The van der Waals surface area contributed by atoms with E-state index >= 15 is 0 Å². The normalized spacial score (nSPS) is 11.5. The predicted molar refractivity (Wildman–Crippen MR) is 270 cm³/mol. The second kappa shape index (κ2) is 15.3. The molecule has 0 amide bonds. The zero-order valence-corrected chi connectivity index (χ0v) is 34.6. The van der Waals surface area contributed by atoms with Crippen molar-refractivity contribution in [2.24, 2.45) is 0 Å². The van der Waals surface area contributed by atoms with Crippen LogP contribution in [0.2, 0.25) is 0 Å². The third-order valence-electron chi connectivity index (χ3n) is 12.8. The van der Waals surface area contributed by atoms with Gasteiger partial charge in [0, 0.05) is 16.8 Å². The van der Waals surface area contributed by atoms with Gasteiger partial charge < -0.3 is 4.90 Å². The maximum atomic E-state index is 2.44. The molecule has 12 aromatic carbocycles. The van der Waals surface area contributed by atoms with E-state index in [2.05, 4.69) is 254 Å². The molecule has 0 atom stereocenters. The van der Waals surface area contributed by atoms with Crippen molar-refractivity contribution >= 4 is 70.9 Å². The summed E-state index contributed by atoms with van der Waals surface area (Å²) >= 11 is 0. The predicted octanol–water partition coefficient (Wildman–Crippen LogP) is 17.6. The third kappa shape index (κ3) is 6.42. The molecule has 0 radical (unpaired) electrons. The summed E-state index contributed by atoms with van der Waals surface area (Å²) in [6.45, 7) is 0. The standard InChI is InChI=1S/C62H41N/c1-4-16-42(17-5-1)46-28-29-48-39-52(36-32-47(48)38-46)63(60-41-50-22-10-11-23-53(50)54-24-12-14-26-57(54)60)51-34-30-43(31-35-51)49-33-37-56-55-25-13-15-27-58(55)61(44-18-6-2-7-19-44)62(59(56)40-49)45-20-8-3-9-21-45/h1-41H. The van der Waals surface area contributed by atoms with Gasteiger partial charge >= 0.3 is 0 Å². The summed E-state index contributed by atoms with van der Waals surface area (Å²) in [6, 6.07) is 91.1. The van der Waals surface area contributed by atoms with Crippen LogP contribution in [-0.4, -0.2) is 0 Å². The summed E-state index contributed by atoms with van der Waals surface area (Å²) in [7, 11) is 0. The number of rotatable bonds is 7. The van der Waals surface area contributed by atoms with Crippen molar-refractivity contribution in [1.29, 1.82) is 0 Å². The Hall–Kier alpha value is -8.26. The monoisotopic (exact) mass is 799 g/mol. The maximum Gasteiger partial charge on any atom is 0.0546 e. The number of anilines is 3. The minimum absolute atomic E-state index is 1.10. The molecule has 0 bridgehead atoms. The molecule has 0 saturated carbocycles. The molecule has 0 aliphatic heterocycles. The zero-order valence-electron chi connectivity index (χ0n) is 34.6. The highest BCUT2D eigenvalue weighted by molar-refractivity contribution is 6.22. The molecule has 0 heterocycles. The van der Waals surface area contributed by atoms with E-state index < -0.39 is 0 Å². The van der Waals surface area contributed by atoms with Crippen LogP contribution in [0.15, 0.2) is 249 Å². The van der Waals surface area contributed by atoms with Crippen LogP contribution >= 0.6 is 0 Å². The molecule has 12 rings (SSSR count). The summed E-state index contributed by atoms with van der Waals surface area (Å²) in [5.74, 6) is 0. The summed E-state index contributed by atoms with van der Waals surface area (Å²) in [5.41, 5.74) is 13.1. The number of nitrogens with zero attached hydrogens (tertiary/aromatic N) is 1. The molecule has 0 spiro atoms. The maximum absolute atomic E-state index is 2.44. The van der Waals surface area contributed by atoms with E-state index in [1.165, 1.54) is 98.4 Å². The summed E-state index contributed by atoms with van der Waals surface area (Å²) in [5, 5.41) is 12.4. The van der Waals surface area contributed by atoms with Crippen molar-refractivity contribution < 1.29 is 0 Å². The Kier molecular flexibility index (Phi) is 8.90. The van der Waals surface area contributed by atoms with Gasteiger partial charge in [0.15, 0.2) is 0 Å². The van der Waals surface area contributed by atoms with Crippen molar-refractivity contribution in [2.75, 3.05) is 4.90 Å². The first-order valence-electron chi connectivity index (χ1n) is 21.7. The van der Waals surface area contributed by atoms with Crippen molar-refractivity contribution in [1.82, 2.24) is 0 Å². The van der Waals surface area contributed by atoms with Crippen LogP contribution in [0.4, 0.5) is 17.1 Å². The molecule has 1 heteroatoms. The van der Waals surface area contributed by atoms with E-state index in [0.717, 1.165) is 17.1 Å².